The number of nitrogens with zero attached hydrogens (tertiary/aromatic N) is 1. The monoisotopic (exact) mass is 296 g/mol. The van der Waals surface area contributed by atoms with Crippen LogP contribution in [0, 0.1) is 6.92 Å². The van der Waals surface area contributed by atoms with Gasteiger partial charge in [-0.15, -0.1) is 11.3 Å². The summed E-state index contributed by atoms with van der Waals surface area (Å²) < 4.78 is 5.26. The smallest absolute Gasteiger partial charge is 0.124 e. The van der Waals surface area contributed by atoms with Gasteiger partial charge in [-0.2, -0.15) is 0 Å². The Balaban J connectivity index is 1.97. The highest BCUT2D eigenvalue weighted by molar-refractivity contribution is 7.13. The van der Waals surface area contributed by atoms with Crippen molar-refractivity contribution < 1.29 is 4.74 Å². The Kier molecular flexibility index (Phi) is 3.62. The highest BCUT2D eigenvalue weighted by Gasteiger charge is 2.08. The highest BCUT2D eigenvalue weighted by Crippen LogP contribution is 2.31. The number of nitrogens with two attached hydrogens (primary N) is 1. The molecule has 1 heterocycles. The van der Waals surface area contributed by atoms with Gasteiger partial charge in [-0.1, -0.05) is 24.3 Å². The number of methoxy groups -OCH3 is 1. The molecule has 3 rings (SSSR count). The number of rotatable bonds is 3. The first-order chi connectivity index (χ1) is 10.2. The van der Waals surface area contributed by atoms with Gasteiger partial charge in [-0.3, -0.25) is 0 Å². The van der Waals surface area contributed by atoms with Crippen LogP contribution in [0.5, 0.6) is 5.75 Å². The van der Waals surface area contributed by atoms with Crippen LogP contribution in [0.25, 0.3) is 21.8 Å². The number of benzene rings is 2. The minimum atomic E-state index is 0.795. The quantitative estimate of drug-likeness (QED) is 0.730. The van der Waals surface area contributed by atoms with E-state index >= 15 is 0 Å². The fraction of sp³-hybridized carbons (Fsp3) is 0.118. The molecule has 0 amide bonds. The molecule has 0 unspecified atom stereocenters. The molecule has 4 heteroatoms. The average molecular weight is 296 g/mol. The number of hydrogen-bond donors (Lipinski definition) is 1. The van der Waals surface area contributed by atoms with Crippen molar-refractivity contribution in [3.05, 3.63) is 53.4 Å². The first-order valence-corrected chi connectivity index (χ1v) is 7.52. The summed E-state index contributed by atoms with van der Waals surface area (Å²) in [6.07, 6.45) is 0. The molecule has 0 spiro atoms. The summed E-state index contributed by atoms with van der Waals surface area (Å²) in [4.78, 5) is 4.70. The average Bonchev–Trinajstić information content (AvgIpc) is 3.00. The molecular formula is C17H16N2OS. The zero-order valence-corrected chi connectivity index (χ0v) is 12.8. The molecule has 0 atom stereocenters. The number of aryl methyl sites for hydroxylation is 1. The number of ether oxygens (including phenoxy) is 1. The second-order valence-corrected chi connectivity index (χ2v) is 5.70. The van der Waals surface area contributed by atoms with E-state index in [1.807, 2.05) is 43.3 Å². The maximum Gasteiger partial charge on any atom is 0.124 e. The Morgan fingerprint density at radius 2 is 1.95 bits per heavy atom. The van der Waals surface area contributed by atoms with E-state index < -0.39 is 0 Å². The highest BCUT2D eigenvalue weighted by atomic mass is 32.1. The molecule has 2 N–H and O–H groups in total. The van der Waals surface area contributed by atoms with Gasteiger partial charge >= 0.3 is 0 Å². The van der Waals surface area contributed by atoms with Crippen molar-refractivity contribution in [2.75, 3.05) is 12.8 Å². The predicted molar refractivity (Wildman–Crippen MR) is 88.7 cm³/mol. The molecule has 0 aliphatic rings. The van der Waals surface area contributed by atoms with Crippen molar-refractivity contribution >= 4 is 17.0 Å². The minimum Gasteiger partial charge on any atom is -0.497 e. The lowest BCUT2D eigenvalue weighted by atomic mass is 10.1. The molecule has 0 bridgehead atoms. The van der Waals surface area contributed by atoms with Gasteiger partial charge in [0.25, 0.3) is 0 Å². The third-order valence-electron chi connectivity index (χ3n) is 3.40. The van der Waals surface area contributed by atoms with Crippen LogP contribution in [0.15, 0.2) is 47.8 Å². The van der Waals surface area contributed by atoms with Crippen LogP contribution in [0.3, 0.4) is 0 Å². The van der Waals surface area contributed by atoms with Crippen molar-refractivity contribution in [3.8, 4) is 27.6 Å². The van der Waals surface area contributed by atoms with Crippen molar-refractivity contribution in [2.45, 2.75) is 6.92 Å². The molecule has 106 valence electrons. The third kappa shape index (κ3) is 2.76. The van der Waals surface area contributed by atoms with E-state index in [1.165, 1.54) is 0 Å². The molecule has 2 aromatic carbocycles. The van der Waals surface area contributed by atoms with Gasteiger partial charge in [0.1, 0.15) is 10.8 Å². The van der Waals surface area contributed by atoms with Gasteiger partial charge < -0.3 is 10.5 Å². The van der Waals surface area contributed by atoms with Crippen LogP contribution in [0.1, 0.15) is 5.56 Å². The van der Waals surface area contributed by atoms with Crippen LogP contribution in [0.2, 0.25) is 0 Å². The number of anilines is 1. The first kappa shape index (κ1) is 13.6. The lowest BCUT2D eigenvalue weighted by Gasteiger charge is -2.03. The van der Waals surface area contributed by atoms with Crippen LogP contribution < -0.4 is 10.5 Å². The first-order valence-electron chi connectivity index (χ1n) is 6.64. The molecule has 0 aliphatic heterocycles. The maximum absolute atomic E-state index is 5.97. The minimum absolute atomic E-state index is 0.795. The third-order valence-corrected chi connectivity index (χ3v) is 4.29. The Morgan fingerprint density at radius 3 is 2.71 bits per heavy atom. The zero-order valence-electron chi connectivity index (χ0n) is 12.0. The summed E-state index contributed by atoms with van der Waals surface area (Å²) in [6.45, 7) is 2.00. The summed E-state index contributed by atoms with van der Waals surface area (Å²) in [6, 6.07) is 14.0. The molecule has 3 aromatic rings. The molecule has 0 radical (unpaired) electrons. The van der Waals surface area contributed by atoms with Gasteiger partial charge in [-0.05, 0) is 30.7 Å². The van der Waals surface area contributed by atoms with E-state index in [4.69, 9.17) is 15.5 Å². The lowest BCUT2D eigenvalue weighted by molar-refractivity contribution is 0.415. The van der Waals surface area contributed by atoms with Crippen LogP contribution in [-0.4, -0.2) is 12.1 Å². The van der Waals surface area contributed by atoms with Crippen LogP contribution in [0.4, 0.5) is 5.69 Å². The number of hydrogen-bond acceptors (Lipinski definition) is 4. The fourth-order valence-electron chi connectivity index (χ4n) is 2.09. The van der Waals surface area contributed by atoms with Crippen molar-refractivity contribution in [1.82, 2.24) is 4.98 Å². The number of aromatic nitrogens is 1. The van der Waals surface area contributed by atoms with Crippen LogP contribution >= 0.6 is 11.3 Å². The fourth-order valence-corrected chi connectivity index (χ4v) is 2.92. The largest absolute Gasteiger partial charge is 0.497 e. The molecule has 0 saturated carbocycles. The predicted octanol–water partition coefficient (Wildman–Crippen LogP) is 4.38. The Bertz CT molecular complexity index is 780. The molecule has 21 heavy (non-hydrogen) atoms. The SMILES string of the molecule is COc1cccc(-c2nc(-c3ccc(C)c(N)c3)cs2)c1. The Labute approximate surface area is 128 Å². The lowest BCUT2D eigenvalue weighted by Crippen LogP contribution is -1.90. The molecule has 3 nitrogen and oxygen atoms in total. The molecular weight excluding hydrogens is 280 g/mol. The van der Waals surface area contributed by atoms with Crippen LogP contribution in [-0.2, 0) is 0 Å². The maximum atomic E-state index is 5.97. The summed E-state index contributed by atoms with van der Waals surface area (Å²) in [5.41, 5.74) is 10.9. The Hall–Kier alpha value is -2.33. The summed E-state index contributed by atoms with van der Waals surface area (Å²) >= 11 is 1.62. The summed E-state index contributed by atoms with van der Waals surface area (Å²) in [7, 11) is 1.67. The number of nitrogen functional groups attached to an aromatic ring is 1. The van der Waals surface area contributed by atoms with Crippen molar-refractivity contribution in [3.63, 3.8) is 0 Å². The topological polar surface area (TPSA) is 48.1 Å². The molecule has 0 aliphatic carbocycles. The van der Waals surface area contributed by atoms with Gasteiger partial charge in [0, 0.05) is 22.2 Å². The van der Waals surface area contributed by atoms with E-state index in [9.17, 15) is 0 Å². The zero-order chi connectivity index (χ0) is 14.8. The van der Waals surface area contributed by atoms with E-state index in [1.54, 1.807) is 18.4 Å². The van der Waals surface area contributed by atoms with Gasteiger partial charge in [0.05, 0.1) is 12.8 Å². The van der Waals surface area contributed by atoms with E-state index in [0.29, 0.717) is 0 Å². The van der Waals surface area contributed by atoms with E-state index in [0.717, 1.165) is 38.8 Å². The molecule has 1 aromatic heterocycles. The normalized spacial score (nSPS) is 10.6. The van der Waals surface area contributed by atoms with E-state index in [2.05, 4.69) is 11.4 Å². The van der Waals surface area contributed by atoms with E-state index in [-0.39, 0.29) is 0 Å². The number of thiazole rings is 1. The summed E-state index contributed by atoms with van der Waals surface area (Å²) in [5, 5.41) is 3.03. The van der Waals surface area contributed by atoms with Crippen molar-refractivity contribution in [2.24, 2.45) is 0 Å². The second kappa shape index (κ2) is 5.58. The Morgan fingerprint density at radius 1 is 1.10 bits per heavy atom. The van der Waals surface area contributed by atoms with Gasteiger partial charge in [-0.25, -0.2) is 4.98 Å². The summed E-state index contributed by atoms with van der Waals surface area (Å²) in [5.74, 6) is 0.837. The van der Waals surface area contributed by atoms with Gasteiger partial charge in [0.15, 0.2) is 0 Å². The standard InChI is InChI=1S/C17H16N2OS/c1-11-6-7-12(9-15(11)18)16-10-21-17(19-16)13-4-3-5-14(8-13)20-2/h3-10H,18H2,1-2H3. The van der Waals surface area contributed by atoms with Crippen molar-refractivity contribution in [1.29, 1.82) is 0 Å². The second-order valence-electron chi connectivity index (χ2n) is 4.84. The molecule has 0 fully saturated rings. The molecule has 0 saturated heterocycles. The van der Waals surface area contributed by atoms with Gasteiger partial charge in [0.2, 0.25) is 0 Å².